The van der Waals surface area contributed by atoms with Crippen LogP contribution in [0, 0.1) is 18.6 Å². The molecule has 84 valence electrons. The number of aromatic nitrogens is 1. The first kappa shape index (κ1) is 11.2. The molecule has 1 unspecified atom stereocenters. The lowest BCUT2D eigenvalue weighted by Gasteiger charge is -2.09. The van der Waals surface area contributed by atoms with Gasteiger partial charge in [0, 0.05) is 17.0 Å². The minimum Gasteiger partial charge on any atom is -0.382 e. The average Bonchev–Trinajstić information content (AvgIpc) is 2.64. The molecule has 2 nitrogen and oxygen atoms in total. The number of hydrogen-bond acceptors (Lipinski definition) is 3. The Balaban J connectivity index is 2.37. The van der Waals surface area contributed by atoms with Crippen LogP contribution in [0.5, 0.6) is 0 Å². The van der Waals surface area contributed by atoms with Crippen LogP contribution in [0.25, 0.3) is 0 Å². The summed E-state index contributed by atoms with van der Waals surface area (Å²) in [6.07, 6.45) is -1.15. The van der Waals surface area contributed by atoms with E-state index in [1.807, 2.05) is 0 Å². The Morgan fingerprint density at radius 1 is 1.38 bits per heavy atom. The predicted octanol–water partition coefficient (Wildman–Crippen LogP) is 2.81. The van der Waals surface area contributed by atoms with E-state index in [1.54, 1.807) is 12.3 Å². The summed E-state index contributed by atoms with van der Waals surface area (Å²) in [6.45, 7) is 1.79. The fourth-order valence-electron chi connectivity index (χ4n) is 1.39. The van der Waals surface area contributed by atoms with Gasteiger partial charge in [-0.1, -0.05) is 6.07 Å². The Kier molecular flexibility index (Phi) is 2.98. The van der Waals surface area contributed by atoms with E-state index in [0.717, 1.165) is 17.1 Å². The molecule has 0 amide bonds. The third kappa shape index (κ3) is 2.10. The molecule has 0 saturated carbocycles. The molecule has 0 fully saturated rings. The lowest BCUT2D eigenvalue weighted by molar-refractivity contribution is 0.210. The van der Waals surface area contributed by atoms with Crippen LogP contribution in [0.15, 0.2) is 23.6 Å². The molecule has 0 aliphatic carbocycles. The maximum Gasteiger partial charge on any atom is 0.132 e. The summed E-state index contributed by atoms with van der Waals surface area (Å²) in [7, 11) is 0. The standard InChI is InChI=1S/C11H9F2NOS/c1-6-14-10(5-16-6)11(15)8-3-2-7(12)4-9(8)13/h2-5,11,15H,1H3. The first-order valence-electron chi connectivity index (χ1n) is 4.63. The highest BCUT2D eigenvalue weighted by molar-refractivity contribution is 7.09. The predicted molar refractivity (Wildman–Crippen MR) is 57.3 cm³/mol. The maximum absolute atomic E-state index is 13.4. The second kappa shape index (κ2) is 4.27. The van der Waals surface area contributed by atoms with Crippen molar-refractivity contribution in [2.24, 2.45) is 0 Å². The highest BCUT2D eigenvalue weighted by Gasteiger charge is 2.17. The number of aryl methyl sites for hydroxylation is 1. The van der Waals surface area contributed by atoms with Gasteiger partial charge in [-0.25, -0.2) is 13.8 Å². The summed E-state index contributed by atoms with van der Waals surface area (Å²) < 4.78 is 26.1. The molecular weight excluding hydrogens is 232 g/mol. The van der Waals surface area contributed by atoms with Crippen LogP contribution in [0.4, 0.5) is 8.78 Å². The number of thiazole rings is 1. The zero-order chi connectivity index (χ0) is 11.7. The first-order chi connectivity index (χ1) is 7.58. The van der Waals surface area contributed by atoms with E-state index in [1.165, 1.54) is 17.4 Å². The highest BCUT2D eigenvalue weighted by atomic mass is 32.1. The van der Waals surface area contributed by atoms with E-state index in [2.05, 4.69) is 4.98 Å². The summed E-state index contributed by atoms with van der Waals surface area (Å²) in [5, 5.41) is 12.3. The molecule has 0 aliphatic heterocycles. The molecule has 16 heavy (non-hydrogen) atoms. The first-order valence-corrected chi connectivity index (χ1v) is 5.51. The van der Waals surface area contributed by atoms with Crippen molar-refractivity contribution in [3.05, 3.63) is 51.5 Å². The topological polar surface area (TPSA) is 33.1 Å². The van der Waals surface area contributed by atoms with Gasteiger partial charge in [0.2, 0.25) is 0 Å². The molecule has 1 aromatic carbocycles. The van der Waals surface area contributed by atoms with Gasteiger partial charge in [-0.3, -0.25) is 0 Å². The number of nitrogens with zero attached hydrogens (tertiary/aromatic N) is 1. The fraction of sp³-hybridized carbons (Fsp3) is 0.182. The molecule has 1 atom stereocenters. The molecule has 2 rings (SSSR count). The molecular formula is C11H9F2NOS. The molecule has 0 bridgehead atoms. The molecule has 0 spiro atoms. The molecule has 0 aliphatic rings. The van der Waals surface area contributed by atoms with E-state index in [0.29, 0.717) is 5.69 Å². The lowest BCUT2D eigenvalue weighted by Crippen LogP contribution is -2.03. The minimum atomic E-state index is -1.15. The third-order valence-corrected chi connectivity index (χ3v) is 2.97. The Morgan fingerprint density at radius 3 is 2.69 bits per heavy atom. The smallest absolute Gasteiger partial charge is 0.132 e. The van der Waals surface area contributed by atoms with Crippen LogP contribution in [0.3, 0.4) is 0 Å². The van der Waals surface area contributed by atoms with Crippen molar-refractivity contribution in [3.8, 4) is 0 Å². The SMILES string of the molecule is Cc1nc(C(O)c2ccc(F)cc2F)cs1. The monoisotopic (exact) mass is 241 g/mol. The summed E-state index contributed by atoms with van der Waals surface area (Å²) in [5.74, 6) is -1.43. The summed E-state index contributed by atoms with van der Waals surface area (Å²) in [5.41, 5.74) is 0.416. The van der Waals surface area contributed by atoms with Crippen molar-refractivity contribution in [1.29, 1.82) is 0 Å². The molecule has 1 N–H and O–H groups in total. The molecule has 2 aromatic rings. The van der Waals surface area contributed by atoms with Crippen LogP contribution in [-0.4, -0.2) is 10.1 Å². The van der Waals surface area contributed by atoms with Gasteiger partial charge in [0.15, 0.2) is 0 Å². The fourth-order valence-corrected chi connectivity index (χ4v) is 2.02. The largest absolute Gasteiger partial charge is 0.382 e. The number of aliphatic hydroxyl groups excluding tert-OH is 1. The van der Waals surface area contributed by atoms with Crippen molar-refractivity contribution < 1.29 is 13.9 Å². The van der Waals surface area contributed by atoms with Gasteiger partial charge in [-0.15, -0.1) is 11.3 Å². The van der Waals surface area contributed by atoms with Crippen molar-refractivity contribution in [3.63, 3.8) is 0 Å². The average molecular weight is 241 g/mol. The normalized spacial score (nSPS) is 12.8. The van der Waals surface area contributed by atoms with E-state index < -0.39 is 17.7 Å². The number of halogens is 2. The zero-order valence-corrected chi connectivity index (χ0v) is 9.26. The Morgan fingerprint density at radius 2 is 2.12 bits per heavy atom. The Bertz CT molecular complexity index is 512. The maximum atomic E-state index is 13.4. The van der Waals surface area contributed by atoms with Crippen LogP contribution in [0.2, 0.25) is 0 Å². The molecule has 0 radical (unpaired) electrons. The van der Waals surface area contributed by atoms with Crippen LogP contribution < -0.4 is 0 Å². The molecule has 1 heterocycles. The van der Waals surface area contributed by atoms with Crippen molar-refractivity contribution in [2.45, 2.75) is 13.0 Å². The van der Waals surface area contributed by atoms with Gasteiger partial charge in [0.05, 0.1) is 10.7 Å². The van der Waals surface area contributed by atoms with Gasteiger partial charge in [0.1, 0.15) is 17.7 Å². The summed E-state index contributed by atoms with van der Waals surface area (Å²) >= 11 is 1.37. The van der Waals surface area contributed by atoms with E-state index in [-0.39, 0.29) is 5.56 Å². The van der Waals surface area contributed by atoms with E-state index >= 15 is 0 Å². The van der Waals surface area contributed by atoms with Gasteiger partial charge in [-0.2, -0.15) is 0 Å². The van der Waals surface area contributed by atoms with Crippen molar-refractivity contribution in [2.75, 3.05) is 0 Å². The number of benzene rings is 1. The van der Waals surface area contributed by atoms with Gasteiger partial charge in [-0.05, 0) is 13.0 Å². The quantitative estimate of drug-likeness (QED) is 0.877. The molecule has 0 saturated heterocycles. The zero-order valence-electron chi connectivity index (χ0n) is 8.45. The van der Waals surface area contributed by atoms with Gasteiger partial charge >= 0.3 is 0 Å². The Labute approximate surface area is 95.2 Å². The number of rotatable bonds is 2. The summed E-state index contributed by atoms with van der Waals surface area (Å²) in [6, 6.07) is 3.09. The number of aliphatic hydroxyl groups is 1. The van der Waals surface area contributed by atoms with Crippen molar-refractivity contribution >= 4 is 11.3 Å². The molecule has 1 aromatic heterocycles. The highest BCUT2D eigenvalue weighted by Crippen LogP contribution is 2.25. The van der Waals surface area contributed by atoms with Crippen LogP contribution in [0.1, 0.15) is 22.4 Å². The van der Waals surface area contributed by atoms with Gasteiger partial charge < -0.3 is 5.11 Å². The Hall–Kier alpha value is -1.33. The van der Waals surface area contributed by atoms with Gasteiger partial charge in [0.25, 0.3) is 0 Å². The van der Waals surface area contributed by atoms with E-state index in [4.69, 9.17) is 0 Å². The number of hydrogen-bond donors (Lipinski definition) is 1. The van der Waals surface area contributed by atoms with Crippen molar-refractivity contribution in [1.82, 2.24) is 4.98 Å². The van der Waals surface area contributed by atoms with E-state index in [9.17, 15) is 13.9 Å². The minimum absolute atomic E-state index is 0.0340. The van der Waals surface area contributed by atoms with Crippen LogP contribution in [-0.2, 0) is 0 Å². The third-order valence-electron chi connectivity index (χ3n) is 2.17. The molecule has 5 heteroatoms. The van der Waals surface area contributed by atoms with Crippen LogP contribution >= 0.6 is 11.3 Å². The lowest BCUT2D eigenvalue weighted by atomic mass is 10.1. The second-order valence-corrected chi connectivity index (χ2v) is 4.42. The summed E-state index contributed by atoms with van der Waals surface area (Å²) in [4.78, 5) is 4.06. The second-order valence-electron chi connectivity index (χ2n) is 3.36.